The van der Waals surface area contributed by atoms with E-state index in [1.54, 1.807) is 30.1 Å². The highest BCUT2D eigenvalue weighted by Gasteiger charge is 2.10. The minimum atomic E-state index is -0.286. The number of anilines is 1. The first kappa shape index (κ1) is 11.2. The molecule has 7 nitrogen and oxygen atoms in total. The Hall–Kier alpha value is -2.31. The van der Waals surface area contributed by atoms with Gasteiger partial charge in [-0.1, -0.05) is 5.16 Å². The average Bonchev–Trinajstić information content (AvgIpc) is 2.88. The number of nitrogens with zero attached hydrogens (tertiary/aromatic N) is 3. The molecule has 0 aliphatic carbocycles. The molecule has 2 aromatic rings. The van der Waals surface area contributed by atoms with Gasteiger partial charge in [0, 0.05) is 18.8 Å². The highest BCUT2D eigenvalue weighted by Crippen LogP contribution is 2.01. The number of carbonyl (C=O) groups excluding carboxylic acids is 1. The van der Waals surface area contributed by atoms with E-state index in [1.807, 2.05) is 0 Å². The molecule has 0 saturated heterocycles. The van der Waals surface area contributed by atoms with Gasteiger partial charge in [0.15, 0.2) is 0 Å². The number of nitrogen functional groups attached to an aromatic ring is 1. The van der Waals surface area contributed by atoms with E-state index >= 15 is 0 Å². The first-order chi connectivity index (χ1) is 8.15. The van der Waals surface area contributed by atoms with E-state index in [-0.39, 0.29) is 11.7 Å². The number of amides is 1. The first-order valence-corrected chi connectivity index (χ1v) is 5.14. The smallest absolute Gasteiger partial charge is 0.289 e. The van der Waals surface area contributed by atoms with Crippen LogP contribution < -0.4 is 11.1 Å². The topological polar surface area (TPSA) is 99.0 Å². The molecule has 0 spiro atoms. The van der Waals surface area contributed by atoms with Crippen LogP contribution in [-0.2, 0) is 6.54 Å². The molecule has 0 saturated carbocycles. The monoisotopic (exact) mass is 235 g/mol. The number of hydrogen-bond donors (Lipinski definition) is 2. The highest BCUT2D eigenvalue weighted by molar-refractivity contribution is 5.91. The van der Waals surface area contributed by atoms with Crippen molar-refractivity contribution in [3.63, 3.8) is 0 Å². The molecule has 0 radical (unpaired) electrons. The summed E-state index contributed by atoms with van der Waals surface area (Å²) in [6.07, 6.45) is 3.26. The average molecular weight is 235 g/mol. The lowest BCUT2D eigenvalue weighted by Crippen LogP contribution is -2.27. The van der Waals surface area contributed by atoms with Crippen LogP contribution in [0.15, 0.2) is 23.0 Å². The molecule has 0 atom stereocenters. The summed E-state index contributed by atoms with van der Waals surface area (Å²) in [6.45, 7) is 2.75. The van der Waals surface area contributed by atoms with Crippen molar-refractivity contribution in [2.45, 2.75) is 13.5 Å². The van der Waals surface area contributed by atoms with Gasteiger partial charge in [0.1, 0.15) is 0 Å². The maximum Gasteiger partial charge on any atom is 0.289 e. The van der Waals surface area contributed by atoms with E-state index < -0.39 is 0 Å². The van der Waals surface area contributed by atoms with Crippen LogP contribution in [0.2, 0.25) is 0 Å². The largest absolute Gasteiger partial charge is 0.396 e. The molecule has 2 rings (SSSR count). The second-order valence-corrected chi connectivity index (χ2v) is 3.63. The van der Waals surface area contributed by atoms with E-state index in [1.165, 1.54) is 0 Å². The summed E-state index contributed by atoms with van der Waals surface area (Å²) in [5.41, 5.74) is 6.79. The highest BCUT2D eigenvalue weighted by atomic mass is 16.5. The van der Waals surface area contributed by atoms with E-state index in [0.717, 1.165) is 0 Å². The Bertz CT molecular complexity index is 516. The molecule has 1 amide bonds. The Morgan fingerprint density at radius 1 is 1.65 bits per heavy atom. The van der Waals surface area contributed by atoms with Crippen LogP contribution in [-0.4, -0.2) is 27.4 Å². The van der Waals surface area contributed by atoms with Crippen molar-refractivity contribution in [2.24, 2.45) is 0 Å². The van der Waals surface area contributed by atoms with Gasteiger partial charge in [-0.25, -0.2) is 0 Å². The fraction of sp³-hybridized carbons (Fsp3) is 0.300. The molecule has 0 fully saturated rings. The van der Waals surface area contributed by atoms with Crippen LogP contribution in [0.1, 0.15) is 16.2 Å². The fourth-order valence-electron chi connectivity index (χ4n) is 1.34. The Balaban J connectivity index is 1.81. The van der Waals surface area contributed by atoms with E-state index in [4.69, 9.17) is 10.3 Å². The molecule has 7 heteroatoms. The van der Waals surface area contributed by atoms with Gasteiger partial charge < -0.3 is 15.6 Å². The number of aryl methyl sites for hydroxylation is 1. The van der Waals surface area contributed by atoms with Gasteiger partial charge >= 0.3 is 0 Å². The van der Waals surface area contributed by atoms with Crippen molar-refractivity contribution in [3.05, 3.63) is 29.9 Å². The predicted octanol–water partition coefficient (Wildman–Crippen LogP) is 0.192. The molecule has 0 bridgehead atoms. The number of carbonyl (C=O) groups is 1. The number of rotatable bonds is 4. The molecule has 17 heavy (non-hydrogen) atoms. The van der Waals surface area contributed by atoms with Crippen molar-refractivity contribution in [1.82, 2.24) is 20.3 Å². The van der Waals surface area contributed by atoms with Crippen LogP contribution >= 0.6 is 0 Å². The van der Waals surface area contributed by atoms with Crippen molar-refractivity contribution < 1.29 is 9.32 Å². The summed E-state index contributed by atoms with van der Waals surface area (Å²) < 4.78 is 6.48. The van der Waals surface area contributed by atoms with Gasteiger partial charge in [-0.15, -0.1) is 0 Å². The number of nitrogens with one attached hydrogen (secondary N) is 1. The summed E-state index contributed by atoms with van der Waals surface area (Å²) in [5, 5.41) is 10.3. The quantitative estimate of drug-likeness (QED) is 0.788. The molecule has 0 unspecified atom stereocenters. The molecule has 90 valence electrons. The summed E-state index contributed by atoms with van der Waals surface area (Å²) in [4.78, 5) is 11.6. The summed E-state index contributed by atoms with van der Waals surface area (Å²) >= 11 is 0. The molecular weight excluding hydrogens is 222 g/mol. The van der Waals surface area contributed by atoms with Crippen molar-refractivity contribution >= 4 is 11.6 Å². The van der Waals surface area contributed by atoms with Crippen LogP contribution in [0.3, 0.4) is 0 Å². The third-order valence-electron chi connectivity index (χ3n) is 2.13. The lowest BCUT2D eigenvalue weighted by molar-refractivity contribution is 0.0915. The Labute approximate surface area is 97.6 Å². The van der Waals surface area contributed by atoms with E-state index in [0.29, 0.717) is 24.5 Å². The SMILES string of the molecule is Cc1cc(C(=O)NCCn2cc(N)cn2)on1. The standard InChI is InChI=1S/C10H13N5O2/c1-7-4-9(17-14-7)10(16)12-2-3-15-6-8(11)5-13-15/h4-6H,2-3,11H2,1H3,(H,12,16). The van der Waals surface area contributed by atoms with Gasteiger partial charge in [-0.2, -0.15) is 5.10 Å². The zero-order chi connectivity index (χ0) is 12.3. The molecule has 0 aromatic carbocycles. The van der Waals surface area contributed by atoms with Gasteiger partial charge in [-0.3, -0.25) is 9.48 Å². The van der Waals surface area contributed by atoms with Crippen molar-refractivity contribution in [1.29, 1.82) is 0 Å². The first-order valence-electron chi connectivity index (χ1n) is 5.14. The zero-order valence-electron chi connectivity index (χ0n) is 9.38. The Morgan fingerprint density at radius 3 is 3.06 bits per heavy atom. The minimum Gasteiger partial charge on any atom is -0.396 e. The summed E-state index contributed by atoms with van der Waals surface area (Å²) in [6, 6.07) is 1.58. The minimum absolute atomic E-state index is 0.211. The third-order valence-corrected chi connectivity index (χ3v) is 2.13. The molecule has 0 aliphatic heterocycles. The van der Waals surface area contributed by atoms with Crippen LogP contribution in [0.5, 0.6) is 0 Å². The Kier molecular flexibility index (Phi) is 3.08. The molecular formula is C10H13N5O2. The van der Waals surface area contributed by atoms with Crippen molar-refractivity contribution in [2.75, 3.05) is 12.3 Å². The van der Waals surface area contributed by atoms with Crippen molar-refractivity contribution in [3.8, 4) is 0 Å². The molecule has 0 aliphatic rings. The zero-order valence-corrected chi connectivity index (χ0v) is 9.38. The Morgan fingerprint density at radius 2 is 2.47 bits per heavy atom. The predicted molar refractivity (Wildman–Crippen MR) is 60.2 cm³/mol. The lowest BCUT2D eigenvalue weighted by Gasteiger charge is -2.02. The van der Waals surface area contributed by atoms with Crippen LogP contribution in [0.25, 0.3) is 0 Å². The van der Waals surface area contributed by atoms with Gasteiger partial charge in [0.05, 0.1) is 24.1 Å². The fourth-order valence-corrected chi connectivity index (χ4v) is 1.34. The van der Waals surface area contributed by atoms with Gasteiger partial charge in [0.25, 0.3) is 5.91 Å². The molecule has 3 N–H and O–H groups in total. The maximum atomic E-state index is 11.6. The lowest BCUT2D eigenvalue weighted by atomic mass is 10.3. The maximum absolute atomic E-state index is 11.6. The van der Waals surface area contributed by atoms with Crippen LogP contribution in [0, 0.1) is 6.92 Å². The number of nitrogens with two attached hydrogens (primary N) is 1. The van der Waals surface area contributed by atoms with Gasteiger partial charge in [0.2, 0.25) is 5.76 Å². The molecule has 2 heterocycles. The van der Waals surface area contributed by atoms with E-state index in [2.05, 4.69) is 15.6 Å². The second-order valence-electron chi connectivity index (χ2n) is 3.63. The van der Waals surface area contributed by atoms with Crippen LogP contribution in [0.4, 0.5) is 5.69 Å². The third kappa shape index (κ3) is 2.83. The normalized spacial score (nSPS) is 10.4. The number of aromatic nitrogens is 3. The van der Waals surface area contributed by atoms with E-state index in [9.17, 15) is 4.79 Å². The summed E-state index contributed by atoms with van der Waals surface area (Å²) in [5.74, 6) is -0.0757. The van der Waals surface area contributed by atoms with Gasteiger partial charge in [-0.05, 0) is 6.92 Å². The molecule has 2 aromatic heterocycles. The second kappa shape index (κ2) is 4.69. The number of hydrogen-bond acceptors (Lipinski definition) is 5. The summed E-state index contributed by atoms with van der Waals surface area (Å²) in [7, 11) is 0.